The zero-order valence-electron chi connectivity index (χ0n) is 9.05. The molecule has 0 spiro atoms. The van der Waals surface area contributed by atoms with Crippen LogP contribution in [0.5, 0.6) is 0 Å². The Balaban J connectivity index is 2.48. The van der Waals surface area contributed by atoms with E-state index in [0.717, 1.165) is 23.1 Å². The van der Waals surface area contributed by atoms with Crippen molar-refractivity contribution < 1.29 is 9.50 Å². The van der Waals surface area contributed by atoms with Gasteiger partial charge in [-0.25, -0.2) is 4.39 Å². The zero-order chi connectivity index (χ0) is 11.1. The van der Waals surface area contributed by atoms with Gasteiger partial charge in [0.25, 0.3) is 0 Å². The molecular weight excluding hydrogens is 191 g/mol. The van der Waals surface area contributed by atoms with Gasteiger partial charge in [0, 0.05) is 0 Å². The molecule has 1 aliphatic rings. The Morgan fingerprint density at radius 3 is 2.87 bits per heavy atom. The van der Waals surface area contributed by atoms with Crippen LogP contribution in [-0.2, 0) is 12.0 Å². The molecule has 0 heterocycles. The third kappa shape index (κ3) is 1.82. The molecular formula is C13H15FO. The third-order valence-electron chi connectivity index (χ3n) is 2.84. The summed E-state index contributed by atoms with van der Waals surface area (Å²) in [5, 5.41) is 10.4. The van der Waals surface area contributed by atoms with Crippen molar-refractivity contribution in [3.8, 4) is 0 Å². The number of allylic oxidation sites excluding steroid dienone is 1. The van der Waals surface area contributed by atoms with Crippen LogP contribution in [0.3, 0.4) is 0 Å². The Bertz CT molecular complexity index is 419. The summed E-state index contributed by atoms with van der Waals surface area (Å²) >= 11 is 0. The minimum Gasteiger partial charge on any atom is -0.381 e. The molecule has 1 unspecified atom stereocenters. The van der Waals surface area contributed by atoms with E-state index in [1.807, 2.05) is 19.9 Å². The van der Waals surface area contributed by atoms with Crippen LogP contribution in [0.15, 0.2) is 29.8 Å². The molecule has 1 aromatic rings. The topological polar surface area (TPSA) is 20.2 Å². The lowest BCUT2D eigenvalue weighted by Gasteiger charge is -2.20. The Kier molecular flexibility index (Phi) is 2.39. The summed E-state index contributed by atoms with van der Waals surface area (Å²) in [5.74, 6) is -0.227. The van der Waals surface area contributed by atoms with E-state index in [1.54, 1.807) is 6.07 Å². The molecule has 1 aliphatic carbocycles. The third-order valence-corrected chi connectivity index (χ3v) is 2.84. The number of hydrogen-bond donors (Lipinski definition) is 1. The summed E-state index contributed by atoms with van der Waals surface area (Å²) in [6.45, 7) is 3.92. The van der Waals surface area contributed by atoms with Gasteiger partial charge in [-0.1, -0.05) is 11.6 Å². The molecule has 0 saturated carbocycles. The van der Waals surface area contributed by atoms with Crippen molar-refractivity contribution in [1.82, 2.24) is 0 Å². The fourth-order valence-electron chi connectivity index (χ4n) is 2.28. The van der Waals surface area contributed by atoms with Crippen LogP contribution in [0.4, 0.5) is 4.39 Å². The van der Waals surface area contributed by atoms with Crippen molar-refractivity contribution in [3.63, 3.8) is 0 Å². The van der Waals surface area contributed by atoms with Crippen LogP contribution >= 0.6 is 0 Å². The van der Waals surface area contributed by atoms with Crippen molar-refractivity contribution in [3.05, 3.63) is 46.8 Å². The van der Waals surface area contributed by atoms with E-state index in [1.165, 1.54) is 12.1 Å². The van der Waals surface area contributed by atoms with Gasteiger partial charge in [-0.15, -0.1) is 0 Å². The minimum atomic E-state index is -0.887. The highest BCUT2D eigenvalue weighted by Gasteiger charge is 2.34. The molecule has 1 N–H and O–H groups in total. The van der Waals surface area contributed by atoms with Crippen LogP contribution in [0, 0.1) is 5.82 Å². The van der Waals surface area contributed by atoms with Crippen molar-refractivity contribution in [2.75, 3.05) is 0 Å². The van der Waals surface area contributed by atoms with Gasteiger partial charge in [0.2, 0.25) is 0 Å². The van der Waals surface area contributed by atoms with Gasteiger partial charge in [-0.3, -0.25) is 0 Å². The number of benzene rings is 1. The molecule has 1 nitrogen and oxygen atoms in total. The maximum atomic E-state index is 13.0. The smallest absolute Gasteiger partial charge is 0.123 e. The fraction of sp³-hybridized carbons (Fsp3) is 0.385. The average molecular weight is 206 g/mol. The van der Waals surface area contributed by atoms with E-state index in [4.69, 9.17) is 0 Å². The van der Waals surface area contributed by atoms with Gasteiger partial charge in [0.15, 0.2) is 0 Å². The molecule has 1 aromatic carbocycles. The maximum absolute atomic E-state index is 13.0. The van der Waals surface area contributed by atoms with Gasteiger partial charge in [0.1, 0.15) is 11.4 Å². The molecule has 15 heavy (non-hydrogen) atoms. The quantitative estimate of drug-likeness (QED) is 0.700. The van der Waals surface area contributed by atoms with Crippen LogP contribution < -0.4 is 0 Å². The van der Waals surface area contributed by atoms with Crippen LogP contribution in [0.1, 0.15) is 31.4 Å². The normalized spacial score (nSPS) is 23.7. The minimum absolute atomic E-state index is 0.227. The SMILES string of the molecule is CC(C)=CC1(O)CCc2cc(F)ccc21. The highest BCUT2D eigenvalue weighted by Crippen LogP contribution is 2.38. The number of hydrogen-bond acceptors (Lipinski definition) is 1. The van der Waals surface area contributed by atoms with Gasteiger partial charge < -0.3 is 5.11 Å². The van der Waals surface area contributed by atoms with E-state index in [0.29, 0.717) is 6.42 Å². The molecule has 0 fully saturated rings. The van der Waals surface area contributed by atoms with Crippen molar-refractivity contribution in [2.24, 2.45) is 0 Å². The fourth-order valence-corrected chi connectivity index (χ4v) is 2.28. The molecule has 0 saturated heterocycles. The molecule has 0 amide bonds. The first-order valence-corrected chi connectivity index (χ1v) is 5.19. The Morgan fingerprint density at radius 1 is 1.47 bits per heavy atom. The van der Waals surface area contributed by atoms with E-state index in [2.05, 4.69) is 0 Å². The molecule has 0 radical (unpaired) electrons. The van der Waals surface area contributed by atoms with Crippen LogP contribution in [0.2, 0.25) is 0 Å². The first-order valence-electron chi connectivity index (χ1n) is 5.19. The standard InChI is InChI=1S/C13H15FO/c1-9(2)8-13(15)6-5-10-7-11(14)3-4-12(10)13/h3-4,7-8,15H,5-6H2,1-2H3. The lowest BCUT2D eigenvalue weighted by molar-refractivity contribution is 0.0907. The summed E-state index contributed by atoms with van der Waals surface area (Å²) in [6, 6.07) is 4.62. The maximum Gasteiger partial charge on any atom is 0.123 e. The second-order valence-corrected chi connectivity index (χ2v) is 4.45. The van der Waals surface area contributed by atoms with Gasteiger partial charge in [-0.05, 0) is 56.0 Å². The first-order chi connectivity index (χ1) is 7.01. The number of fused-ring (bicyclic) bond motifs is 1. The van der Waals surface area contributed by atoms with E-state index in [-0.39, 0.29) is 5.82 Å². The lowest BCUT2D eigenvalue weighted by atomic mass is 9.94. The molecule has 80 valence electrons. The van der Waals surface area contributed by atoms with Crippen LogP contribution in [-0.4, -0.2) is 5.11 Å². The summed E-state index contributed by atoms with van der Waals surface area (Å²) in [5.41, 5.74) is 1.97. The highest BCUT2D eigenvalue weighted by molar-refractivity contribution is 5.41. The second-order valence-electron chi connectivity index (χ2n) is 4.45. The molecule has 1 atom stereocenters. The summed E-state index contributed by atoms with van der Waals surface area (Å²) in [6.07, 6.45) is 3.25. The Labute approximate surface area is 89.3 Å². The van der Waals surface area contributed by atoms with Gasteiger partial charge in [0.05, 0.1) is 0 Å². The largest absolute Gasteiger partial charge is 0.381 e. The Morgan fingerprint density at radius 2 is 2.20 bits per heavy atom. The first kappa shape index (κ1) is 10.4. The molecule has 0 bridgehead atoms. The molecule has 2 heteroatoms. The number of aliphatic hydroxyl groups is 1. The summed E-state index contributed by atoms with van der Waals surface area (Å²) < 4.78 is 13.0. The van der Waals surface area contributed by atoms with E-state index >= 15 is 0 Å². The summed E-state index contributed by atoms with van der Waals surface area (Å²) in [7, 11) is 0. The average Bonchev–Trinajstić information content (AvgIpc) is 2.42. The van der Waals surface area contributed by atoms with Gasteiger partial charge in [-0.2, -0.15) is 0 Å². The molecule has 0 aromatic heterocycles. The predicted octanol–water partition coefficient (Wildman–Crippen LogP) is 2.93. The van der Waals surface area contributed by atoms with Crippen molar-refractivity contribution in [1.29, 1.82) is 0 Å². The summed E-state index contributed by atoms with van der Waals surface area (Å²) in [4.78, 5) is 0. The van der Waals surface area contributed by atoms with E-state index < -0.39 is 5.60 Å². The monoisotopic (exact) mass is 206 g/mol. The number of aryl methyl sites for hydroxylation is 1. The number of rotatable bonds is 1. The Hall–Kier alpha value is -1.15. The lowest BCUT2D eigenvalue weighted by Crippen LogP contribution is -2.19. The highest BCUT2D eigenvalue weighted by atomic mass is 19.1. The zero-order valence-corrected chi connectivity index (χ0v) is 9.05. The molecule has 0 aliphatic heterocycles. The van der Waals surface area contributed by atoms with Crippen molar-refractivity contribution in [2.45, 2.75) is 32.3 Å². The number of halogens is 1. The molecule has 2 rings (SSSR count). The van der Waals surface area contributed by atoms with Crippen molar-refractivity contribution >= 4 is 0 Å². The van der Waals surface area contributed by atoms with Crippen LogP contribution in [0.25, 0.3) is 0 Å². The van der Waals surface area contributed by atoms with Gasteiger partial charge >= 0.3 is 0 Å². The van der Waals surface area contributed by atoms with E-state index in [9.17, 15) is 9.50 Å². The predicted molar refractivity (Wildman–Crippen MR) is 58.0 cm³/mol. The second kappa shape index (κ2) is 3.46.